The predicted octanol–water partition coefficient (Wildman–Crippen LogP) is 2.38. The van der Waals surface area contributed by atoms with Gasteiger partial charge in [0.25, 0.3) is 5.91 Å². The van der Waals surface area contributed by atoms with Gasteiger partial charge in [-0.1, -0.05) is 6.92 Å². The molecular formula is C17H25N5OS. The highest BCUT2D eigenvalue weighted by atomic mass is 32.1. The fourth-order valence-electron chi connectivity index (χ4n) is 3.05. The van der Waals surface area contributed by atoms with E-state index in [1.165, 1.54) is 11.3 Å². The van der Waals surface area contributed by atoms with E-state index >= 15 is 0 Å². The Bertz CT molecular complexity index is 672. The molecule has 0 saturated carbocycles. The van der Waals surface area contributed by atoms with Crippen molar-refractivity contribution in [2.75, 3.05) is 19.6 Å². The molecular weight excluding hydrogens is 322 g/mol. The lowest BCUT2D eigenvalue weighted by atomic mass is 9.96. The summed E-state index contributed by atoms with van der Waals surface area (Å²) in [4.78, 5) is 19.9. The maximum atomic E-state index is 12.2. The smallest absolute Gasteiger partial charge is 0.261 e. The molecule has 1 aliphatic rings. The minimum Gasteiger partial charge on any atom is -0.351 e. The summed E-state index contributed by atoms with van der Waals surface area (Å²) in [6.07, 6.45) is 3.08. The van der Waals surface area contributed by atoms with Crippen LogP contribution < -0.4 is 5.32 Å². The molecule has 3 rings (SSSR count). The summed E-state index contributed by atoms with van der Waals surface area (Å²) in [5.41, 5.74) is 1.06. The van der Waals surface area contributed by atoms with E-state index in [1.54, 1.807) is 0 Å². The number of aromatic nitrogens is 3. The van der Waals surface area contributed by atoms with Crippen LogP contribution in [0.15, 0.2) is 11.4 Å². The largest absolute Gasteiger partial charge is 0.351 e. The number of carbonyl (C=O) groups is 1. The van der Waals surface area contributed by atoms with Gasteiger partial charge < -0.3 is 5.32 Å². The Morgan fingerprint density at radius 3 is 2.88 bits per heavy atom. The van der Waals surface area contributed by atoms with Crippen molar-refractivity contribution in [2.24, 2.45) is 5.92 Å². The van der Waals surface area contributed by atoms with Crippen molar-refractivity contribution in [3.63, 3.8) is 0 Å². The minimum absolute atomic E-state index is 0.0682. The van der Waals surface area contributed by atoms with Crippen molar-refractivity contribution in [1.82, 2.24) is 25.4 Å². The van der Waals surface area contributed by atoms with E-state index in [4.69, 9.17) is 0 Å². The summed E-state index contributed by atoms with van der Waals surface area (Å²) in [7, 11) is 0. The van der Waals surface area contributed by atoms with Crippen LogP contribution in [0.1, 0.15) is 46.6 Å². The van der Waals surface area contributed by atoms with E-state index in [1.807, 2.05) is 18.4 Å². The standard InChI is InChI=1S/C17H25N5OS/c1-3-14-19-15(21-20-14)11-22-7-4-13(5-8-22)10-18-17(23)16-12(2)6-9-24-16/h6,9,13H,3-5,7-8,10-11H2,1-2H3,(H,18,23)(H,19,20,21). The number of amides is 1. The summed E-state index contributed by atoms with van der Waals surface area (Å²) in [5.74, 6) is 2.46. The van der Waals surface area contributed by atoms with Crippen molar-refractivity contribution in [1.29, 1.82) is 0 Å². The Morgan fingerprint density at radius 1 is 1.46 bits per heavy atom. The highest BCUT2D eigenvalue weighted by Crippen LogP contribution is 2.19. The highest BCUT2D eigenvalue weighted by Gasteiger charge is 2.21. The summed E-state index contributed by atoms with van der Waals surface area (Å²) < 4.78 is 0. The van der Waals surface area contributed by atoms with E-state index in [0.29, 0.717) is 5.92 Å². The molecule has 2 N–H and O–H groups in total. The molecule has 2 aromatic rings. The SMILES string of the molecule is CCc1n[nH]c(CN2CCC(CNC(=O)c3sccc3C)CC2)n1. The maximum absolute atomic E-state index is 12.2. The topological polar surface area (TPSA) is 73.9 Å². The van der Waals surface area contributed by atoms with Crippen LogP contribution in [0.5, 0.6) is 0 Å². The third-order valence-corrected chi connectivity index (χ3v) is 5.61. The molecule has 7 heteroatoms. The Labute approximate surface area is 146 Å². The van der Waals surface area contributed by atoms with Crippen molar-refractivity contribution >= 4 is 17.2 Å². The van der Waals surface area contributed by atoms with Gasteiger partial charge in [-0.05, 0) is 55.8 Å². The molecule has 0 spiro atoms. The molecule has 3 heterocycles. The lowest BCUT2D eigenvalue weighted by Crippen LogP contribution is -2.38. The van der Waals surface area contributed by atoms with Crippen LogP contribution in [0.3, 0.4) is 0 Å². The molecule has 0 unspecified atom stereocenters. The van der Waals surface area contributed by atoms with Crippen LogP contribution in [-0.2, 0) is 13.0 Å². The van der Waals surface area contributed by atoms with E-state index in [-0.39, 0.29) is 5.91 Å². The third-order valence-electron chi connectivity index (χ3n) is 4.59. The average Bonchev–Trinajstić information content (AvgIpc) is 3.22. The molecule has 0 bridgehead atoms. The molecule has 6 nitrogen and oxygen atoms in total. The van der Waals surface area contributed by atoms with Gasteiger partial charge in [0.1, 0.15) is 11.6 Å². The Balaban J connectivity index is 1.40. The highest BCUT2D eigenvalue weighted by molar-refractivity contribution is 7.12. The fourth-order valence-corrected chi connectivity index (χ4v) is 3.89. The van der Waals surface area contributed by atoms with Crippen molar-refractivity contribution < 1.29 is 4.79 Å². The zero-order valence-corrected chi connectivity index (χ0v) is 15.2. The molecule has 2 aromatic heterocycles. The molecule has 24 heavy (non-hydrogen) atoms. The van der Waals surface area contributed by atoms with Gasteiger partial charge in [0.05, 0.1) is 11.4 Å². The number of thiophene rings is 1. The molecule has 130 valence electrons. The molecule has 1 fully saturated rings. The first kappa shape index (κ1) is 17.1. The number of likely N-dealkylation sites (tertiary alicyclic amines) is 1. The van der Waals surface area contributed by atoms with Gasteiger partial charge in [0.2, 0.25) is 0 Å². The van der Waals surface area contributed by atoms with Crippen LogP contribution in [0.2, 0.25) is 0 Å². The first-order valence-corrected chi connectivity index (χ1v) is 9.48. The molecule has 0 aromatic carbocycles. The van der Waals surface area contributed by atoms with Crippen LogP contribution in [0, 0.1) is 12.8 Å². The molecule has 0 aliphatic carbocycles. The number of piperidine rings is 1. The van der Waals surface area contributed by atoms with Crippen LogP contribution >= 0.6 is 11.3 Å². The monoisotopic (exact) mass is 347 g/mol. The molecule has 0 radical (unpaired) electrons. The normalized spacial score (nSPS) is 16.4. The van der Waals surface area contributed by atoms with E-state index in [2.05, 4.69) is 32.3 Å². The number of hydrogen-bond acceptors (Lipinski definition) is 5. The maximum Gasteiger partial charge on any atom is 0.261 e. The van der Waals surface area contributed by atoms with E-state index in [9.17, 15) is 4.79 Å². The zero-order valence-electron chi connectivity index (χ0n) is 14.3. The van der Waals surface area contributed by atoms with E-state index < -0.39 is 0 Å². The average molecular weight is 347 g/mol. The number of carbonyl (C=O) groups excluding carboxylic acids is 1. The summed E-state index contributed by atoms with van der Waals surface area (Å²) in [6.45, 7) is 7.73. The van der Waals surface area contributed by atoms with Crippen molar-refractivity contribution in [2.45, 2.75) is 39.7 Å². The molecule has 1 amide bonds. The first-order chi connectivity index (χ1) is 11.7. The minimum atomic E-state index is 0.0682. The number of rotatable bonds is 6. The lowest BCUT2D eigenvalue weighted by molar-refractivity contribution is 0.0938. The number of aryl methyl sites for hydroxylation is 2. The van der Waals surface area contributed by atoms with Gasteiger partial charge in [-0.2, -0.15) is 5.10 Å². The summed E-state index contributed by atoms with van der Waals surface area (Å²) in [5, 5.41) is 12.3. The number of aromatic amines is 1. The van der Waals surface area contributed by atoms with Gasteiger partial charge in [-0.15, -0.1) is 11.3 Å². The first-order valence-electron chi connectivity index (χ1n) is 8.60. The summed E-state index contributed by atoms with van der Waals surface area (Å²) in [6, 6.07) is 1.99. The predicted molar refractivity (Wildman–Crippen MR) is 95.2 cm³/mol. The Morgan fingerprint density at radius 2 is 2.25 bits per heavy atom. The Hall–Kier alpha value is -1.73. The number of H-pyrrole nitrogens is 1. The number of nitrogens with zero attached hydrogens (tertiary/aromatic N) is 3. The van der Waals surface area contributed by atoms with Gasteiger partial charge in [-0.3, -0.25) is 14.8 Å². The Kier molecular flexibility index (Phi) is 5.63. The second-order valence-corrected chi connectivity index (χ2v) is 7.33. The van der Waals surface area contributed by atoms with Gasteiger partial charge in [0.15, 0.2) is 0 Å². The van der Waals surface area contributed by atoms with Crippen LogP contribution in [0.4, 0.5) is 0 Å². The number of nitrogens with one attached hydrogen (secondary N) is 2. The summed E-state index contributed by atoms with van der Waals surface area (Å²) >= 11 is 1.51. The van der Waals surface area contributed by atoms with Crippen LogP contribution in [0.25, 0.3) is 0 Å². The zero-order chi connectivity index (χ0) is 16.9. The third kappa shape index (κ3) is 4.21. The van der Waals surface area contributed by atoms with Gasteiger partial charge in [0, 0.05) is 13.0 Å². The van der Waals surface area contributed by atoms with Crippen molar-refractivity contribution in [3.05, 3.63) is 33.5 Å². The second-order valence-electron chi connectivity index (χ2n) is 6.41. The quantitative estimate of drug-likeness (QED) is 0.841. The molecule has 1 saturated heterocycles. The molecule has 1 aliphatic heterocycles. The van der Waals surface area contributed by atoms with Gasteiger partial charge >= 0.3 is 0 Å². The van der Waals surface area contributed by atoms with Gasteiger partial charge in [-0.25, -0.2) is 4.98 Å². The lowest BCUT2D eigenvalue weighted by Gasteiger charge is -2.31. The number of hydrogen-bond donors (Lipinski definition) is 2. The van der Waals surface area contributed by atoms with E-state index in [0.717, 1.165) is 67.5 Å². The van der Waals surface area contributed by atoms with Crippen LogP contribution in [-0.4, -0.2) is 45.6 Å². The fraction of sp³-hybridized carbons (Fsp3) is 0.588. The molecule has 0 atom stereocenters. The van der Waals surface area contributed by atoms with Crippen molar-refractivity contribution in [3.8, 4) is 0 Å². The second kappa shape index (κ2) is 7.90.